The van der Waals surface area contributed by atoms with Gasteiger partial charge in [0, 0.05) is 5.56 Å². The van der Waals surface area contributed by atoms with Gasteiger partial charge in [0.25, 0.3) is 5.91 Å². The molecule has 1 aromatic heterocycles. The van der Waals surface area contributed by atoms with Crippen LogP contribution in [0, 0.1) is 0 Å². The van der Waals surface area contributed by atoms with Crippen molar-refractivity contribution < 1.29 is 9.53 Å². The molecule has 0 aliphatic rings. The molecule has 7 nitrogen and oxygen atoms in total. The first-order chi connectivity index (χ1) is 13.9. The Morgan fingerprint density at radius 1 is 1.21 bits per heavy atom. The summed E-state index contributed by atoms with van der Waals surface area (Å²) in [6.07, 6.45) is 1.56. The number of rotatable bonds is 6. The molecule has 0 aliphatic carbocycles. The SMILES string of the molecule is CC(C)Oc1ccc(/C=N/NC(=O)c2cc(-c3ccccc3)nc(=O)[nH]2)cc1Br. The average Bonchev–Trinajstić information content (AvgIpc) is 2.70. The molecule has 0 saturated carbocycles. The van der Waals surface area contributed by atoms with E-state index in [1.54, 1.807) is 0 Å². The number of carbonyl (C=O) groups excluding carboxylic acids is 1. The number of aromatic nitrogens is 2. The lowest BCUT2D eigenvalue weighted by atomic mass is 10.1. The maximum Gasteiger partial charge on any atom is 0.346 e. The van der Waals surface area contributed by atoms with E-state index < -0.39 is 11.6 Å². The van der Waals surface area contributed by atoms with Crippen LogP contribution in [0.15, 0.2) is 69.0 Å². The highest BCUT2D eigenvalue weighted by molar-refractivity contribution is 9.10. The Labute approximate surface area is 176 Å². The molecule has 0 saturated heterocycles. The molecule has 0 unspecified atom stereocenters. The Hall–Kier alpha value is -3.26. The minimum atomic E-state index is -0.606. The molecule has 2 aromatic carbocycles. The summed E-state index contributed by atoms with van der Waals surface area (Å²) in [6.45, 7) is 3.90. The number of hydrogen-bond donors (Lipinski definition) is 2. The van der Waals surface area contributed by atoms with Gasteiger partial charge in [-0.1, -0.05) is 30.3 Å². The normalized spacial score (nSPS) is 11.0. The standard InChI is InChI=1S/C21H19BrN4O3/c1-13(2)29-19-9-8-14(10-16(19)22)12-23-26-20(27)18-11-17(24-21(28)25-18)15-6-4-3-5-7-15/h3-13H,1-2H3,(H,26,27)(H,24,25,28)/b23-12+. The maximum absolute atomic E-state index is 12.4. The molecule has 148 valence electrons. The Balaban J connectivity index is 1.72. The molecule has 0 spiro atoms. The van der Waals surface area contributed by atoms with Gasteiger partial charge in [-0.3, -0.25) is 4.79 Å². The van der Waals surface area contributed by atoms with Gasteiger partial charge in [0.1, 0.15) is 11.4 Å². The Morgan fingerprint density at radius 2 is 1.97 bits per heavy atom. The van der Waals surface area contributed by atoms with Crippen molar-refractivity contribution in [1.82, 2.24) is 15.4 Å². The van der Waals surface area contributed by atoms with Gasteiger partial charge in [0.15, 0.2) is 0 Å². The van der Waals surface area contributed by atoms with Crippen molar-refractivity contribution in [2.45, 2.75) is 20.0 Å². The van der Waals surface area contributed by atoms with Crippen LogP contribution in [0.1, 0.15) is 29.9 Å². The minimum Gasteiger partial charge on any atom is -0.490 e. The third kappa shape index (κ3) is 5.61. The van der Waals surface area contributed by atoms with Crippen molar-refractivity contribution in [2.24, 2.45) is 5.10 Å². The van der Waals surface area contributed by atoms with Gasteiger partial charge in [-0.05, 0) is 59.6 Å². The summed E-state index contributed by atoms with van der Waals surface area (Å²) in [7, 11) is 0. The van der Waals surface area contributed by atoms with E-state index in [4.69, 9.17) is 4.74 Å². The van der Waals surface area contributed by atoms with E-state index in [2.05, 4.69) is 36.4 Å². The largest absolute Gasteiger partial charge is 0.490 e. The Kier molecular flexibility index (Phi) is 6.56. The summed E-state index contributed by atoms with van der Waals surface area (Å²) in [6, 6.07) is 16.1. The van der Waals surface area contributed by atoms with Gasteiger partial charge < -0.3 is 9.72 Å². The number of nitrogens with zero attached hydrogens (tertiary/aromatic N) is 2. The minimum absolute atomic E-state index is 0.0633. The molecule has 1 heterocycles. The second-order valence-electron chi connectivity index (χ2n) is 6.41. The number of halogens is 1. The van der Waals surface area contributed by atoms with Crippen molar-refractivity contribution in [1.29, 1.82) is 0 Å². The van der Waals surface area contributed by atoms with Crippen LogP contribution in [0.4, 0.5) is 0 Å². The zero-order valence-corrected chi connectivity index (χ0v) is 17.4. The fourth-order valence-electron chi connectivity index (χ4n) is 2.51. The zero-order valence-electron chi connectivity index (χ0n) is 15.8. The molecule has 3 rings (SSSR count). The fraction of sp³-hybridized carbons (Fsp3) is 0.143. The van der Waals surface area contributed by atoms with Crippen LogP contribution >= 0.6 is 15.9 Å². The number of amides is 1. The first-order valence-corrected chi connectivity index (χ1v) is 9.68. The third-order valence-corrected chi connectivity index (χ3v) is 4.38. The Bertz CT molecular complexity index is 1090. The van der Waals surface area contributed by atoms with Gasteiger partial charge in [0.05, 0.1) is 22.5 Å². The lowest BCUT2D eigenvalue weighted by Crippen LogP contribution is -2.24. The highest BCUT2D eigenvalue weighted by atomic mass is 79.9. The molecule has 0 atom stereocenters. The number of aromatic amines is 1. The summed E-state index contributed by atoms with van der Waals surface area (Å²) in [4.78, 5) is 30.5. The van der Waals surface area contributed by atoms with E-state index >= 15 is 0 Å². The van der Waals surface area contributed by atoms with E-state index in [0.717, 1.165) is 21.3 Å². The predicted octanol–water partition coefficient (Wildman–Crippen LogP) is 3.75. The quantitative estimate of drug-likeness (QED) is 0.437. The second kappa shape index (κ2) is 9.29. The zero-order chi connectivity index (χ0) is 20.8. The molecule has 3 aromatic rings. The summed E-state index contributed by atoms with van der Waals surface area (Å²) in [5, 5.41) is 3.95. The number of benzene rings is 2. The lowest BCUT2D eigenvalue weighted by Gasteiger charge is -2.11. The van der Waals surface area contributed by atoms with E-state index in [1.165, 1.54) is 12.3 Å². The number of ether oxygens (including phenoxy) is 1. The van der Waals surface area contributed by atoms with Gasteiger partial charge >= 0.3 is 5.69 Å². The van der Waals surface area contributed by atoms with E-state index in [9.17, 15) is 9.59 Å². The molecule has 29 heavy (non-hydrogen) atoms. The molecule has 8 heteroatoms. The monoisotopic (exact) mass is 454 g/mol. The van der Waals surface area contributed by atoms with Crippen LogP contribution < -0.4 is 15.9 Å². The highest BCUT2D eigenvalue weighted by Crippen LogP contribution is 2.26. The summed E-state index contributed by atoms with van der Waals surface area (Å²) < 4.78 is 6.44. The molecular weight excluding hydrogens is 436 g/mol. The van der Waals surface area contributed by atoms with Gasteiger partial charge in [-0.25, -0.2) is 10.2 Å². The van der Waals surface area contributed by atoms with Crippen LogP contribution in [-0.4, -0.2) is 28.2 Å². The molecule has 0 bridgehead atoms. The van der Waals surface area contributed by atoms with Crippen LogP contribution in [0.2, 0.25) is 0 Å². The lowest BCUT2D eigenvalue weighted by molar-refractivity contribution is 0.0949. The smallest absolute Gasteiger partial charge is 0.346 e. The maximum atomic E-state index is 12.4. The second-order valence-corrected chi connectivity index (χ2v) is 7.26. The summed E-state index contributed by atoms with van der Waals surface area (Å²) >= 11 is 3.45. The average molecular weight is 455 g/mol. The van der Waals surface area contributed by atoms with Gasteiger partial charge in [-0.2, -0.15) is 10.1 Å². The van der Waals surface area contributed by atoms with E-state index in [1.807, 2.05) is 62.4 Å². The highest BCUT2D eigenvalue weighted by Gasteiger charge is 2.10. The predicted molar refractivity (Wildman–Crippen MR) is 115 cm³/mol. The van der Waals surface area contributed by atoms with E-state index in [0.29, 0.717) is 5.69 Å². The number of nitrogens with one attached hydrogen (secondary N) is 2. The fourth-order valence-corrected chi connectivity index (χ4v) is 3.00. The number of H-pyrrole nitrogens is 1. The van der Waals surface area contributed by atoms with Crippen LogP contribution in [0.3, 0.4) is 0 Å². The van der Waals surface area contributed by atoms with Gasteiger partial charge in [-0.15, -0.1) is 0 Å². The molecule has 1 amide bonds. The topological polar surface area (TPSA) is 96.4 Å². The van der Waals surface area contributed by atoms with Crippen molar-refractivity contribution in [3.63, 3.8) is 0 Å². The first kappa shape index (κ1) is 20.5. The van der Waals surface area contributed by atoms with Crippen molar-refractivity contribution in [3.05, 3.63) is 80.8 Å². The van der Waals surface area contributed by atoms with Crippen molar-refractivity contribution in [2.75, 3.05) is 0 Å². The summed E-state index contributed by atoms with van der Waals surface area (Å²) in [5.41, 5.74) is 3.79. The van der Waals surface area contributed by atoms with Gasteiger partial charge in [0.2, 0.25) is 0 Å². The number of hydrogen-bond acceptors (Lipinski definition) is 5. The van der Waals surface area contributed by atoms with Crippen molar-refractivity contribution >= 4 is 28.1 Å². The number of carbonyl (C=O) groups is 1. The van der Waals surface area contributed by atoms with Crippen molar-refractivity contribution in [3.8, 4) is 17.0 Å². The molecule has 0 radical (unpaired) electrons. The first-order valence-electron chi connectivity index (χ1n) is 8.89. The Morgan fingerprint density at radius 3 is 2.66 bits per heavy atom. The number of hydrazone groups is 1. The summed E-state index contributed by atoms with van der Waals surface area (Å²) in [5.74, 6) is 0.181. The molecule has 0 aliphatic heterocycles. The molecular formula is C21H19BrN4O3. The molecule has 0 fully saturated rings. The van der Waals surface area contributed by atoms with E-state index in [-0.39, 0.29) is 11.8 Å². The van der Waals surface area contributed by atoms with Crippen LogP contribution in [-0.2, 0) is 0 Å². The van der Waals surface area contributed by atoms with Crippen LogP contribution in [0.5, 0.6) is 5.75 Å². The molecule has 2 N–H and O–H groups in total. The van der Waals surface area contributed by atoms with Crippen LogP contribution in [0.25, 0.3) is 11.3 Å². The third-order valence-electron chi connectivity index (χ3n) is 3.76.